The van der Waals surface area contributed by atoms with Crippen molar-refractivity contribution in [1.29, 1.82) is 5.26 Å². The van der Waals surface area contributed by atoms with Crippen molar-refractivity contribution in [2.24, 2.45) is 0 Å². The molecule has 0 spiro atoms. The Hall–Kier alpha value is -0.810. The largest absolute Gasteiger partial charge is 0.418 e. The van der Waals surface area contributed by atoms with Gasteiger partial charge in [0.2, 0.25) is 0 Å². The third kappa shape index (κ3) is 2.47. The molecule has 0 radical (unpaired) electrons. The summed E-state index contributed by atoms with van der Waals surface area (Å²) in [6.45, 7) is 0. The van der Waals surface area contributed by atoms with E-state index in [0.717, 1.165) is 12.1 Å². The Morgan fingerprint density at radius 1 is 1.44 bits per heavy atom. The Morgan fingerprint density at radius 3 is 2.38 bits per heavy atom. The first kappa shape index (κ1) is 13.3. The summed E-state index contributed by atoms with van der Waals surface area (Å²) < 4.78 is 37.8. The van der Waals surface area contributed by atoms with Crippen LogP contribution in [0.15, 0.2) is 12.1 Å². The summed E-state index contributed by atoms with van der Waals surface area (Å²) in [6.07, 6.45) is -4.72. The molecule has 0 unspecified atom stereocenters. The molecular weight excluding hydrogens is 357 g/mol. The Bertz CT molecular complexity index is 493. The zero-order chi connectivity index (χ0) is 12.5. The van der Waals surface area contributed by atoms with Gasteiger partial charge in [0.15, 0.2) is 0 Å². The molecule has 0 aromatic heterocycles. The molecule has 0 N–H and O–H groups in total. The minimum Gasteiger partial charge on any atom is -0.276 e. The van der Waals surface area contributed by atoms with Crippen LogP contribution in [0.4, 0.5) is 13.2 Å². The van der Waals surface area contributed by atoms with Crippen LogP contribution in [0.2, 0.25) is 0 Å². The number of nitriles is 1. The van der Waals surface area contributed by atoms with Crippen LogP contribution in [0.1, 0.15) is 21.5 Å². The van der Waals surface area contributed by atoms with Gasteiger partial charge >= 0.3 is 6.18 Å². The number of alkyl halides is 3. The summed E-state index contributed by atoms with van der Waals surface area (Å²) in [5.74, 6) is 0. The van der Waals surface area contributed by atoms with E-state index in [0.29, 0.717) is 0 Å². The van der Waals surface area contributed by atoms with Gasteiger partial charge in [-0.2, -0.15) is 18.4 Å². The van der Waals surface area contributed by atoms with Gasteiger partial charge in [-0.25, -0.2) is 0 Å². The quantitative estimate of drug-likeness (QED) is 0.568. The molecule has 0 aliphatic rings. The van der Waals surface area contributed by atoms with Gasteiger partial charge in [0.25, 0.3) is 5.24 Å². The monoisotopic (exact) mass is 359 g/mol. The van der Waals surface area contributed by atoms with Gasteiger partial charge in [-0.1, -0.05) is 0 Å². The van der Waals surface area contributed by atoms with Crippen molar-refractivity contribution in [1.82, 2.24) is 0 Å². The van der Waals surface area contributed by atoms with Crippen molar-refractivity contribution in [3.63, 3.8) is 0 Å². The summed E-state index contributed by atoms with van der Waals surface area (Å²) in [6, 6.07) is 3.76. The van der Waals surface area contributed by atoms with E-state index in [2.05, 4.69) is 0 Å². The summed E-state index contributed by atoms with van der Waals surface area (Å²) in [5, 5.41) is 7.33. The second-order valence-electron chi connectivity index (χ2n) is 2.73. The molecule has 0 fully saturated rings. The first-order valence-corrected chi connectivity index (χ1v) is 5.24. The molecule has 1 aromatic carbocycles. The minimum absolute atomic E-state index is 0.173. The fourth-order valence-electron chi connectivity index (χ4n) is 1.15. The smallest absolute Gasteiger partial charge is 0.276 e. The van der Waals surface area contributed by atoms with Gasteiger partial charge in [-0.15, -0.1) is 0 Å². The topological polar surface area (TPSA) is 40.9 Å². The molecule has 0 aliphatic carbocycles. The molecular formula is C9H2ClF3INO. The maximum Gasteiger partial charge on any atom is 0.418 e. The Balaban J connectivity index is 3.70. The van der Waals surface area contributed by atoms with Gasteiger partial charge in [-0.3, -0.25) is 4.79 Å². The molecule has 0 amide bonds. The first-order valence-electron chi connectivity index (χ1n) is 3.78. The second-order valence-corrected chi connectivity index (χ2v) is 4.23. The van der Waals surface area contributed by atoms with Gasteiger partial charge < -0.3 is 0 Å². The molecule has 0 atom stereocenters. The molecule has 7 heteroatoms. The van der Waals surface area contributed by atoms with Gasteiger partial charge in [0.1, 0.15) is 0 Å². The SMILES string of the molecule is N#Cc1ccc(I)c(C(F)(F)F)c1C(=O)Cl. The van der Waals surface area contributed by atoms with E-state index in [1.54, 1.807) is 0 Å². The molecule has 0 saturated carbocycles. The molecule has 84 valence electrons. The van der Waals surface area contributed by atoms with Crippen molar-refractivity contribution in [2.75, 3.05) is 0 Å². The maximum atomic E-state index is 12.7. The standard InChI is InChI=1S/C9H2ClF3INO/c10-8(16)6-4(3-15)1-2-5(14)7(6)9(11,12)13/h1-2H. The van der Waals surface area contributed by atoms with E-state index in [-0.39, 0.29) is 9.13 Å². The Kier molecular flexibility index (Phi) is 3.80. The highest BCUT2D eigenvalue weighted by Crippen LogP contribution is 2.37. The van der Waals surface area contributed by atoms with Crippen LogP contribution in [0.25, 0.3) is 0 Å². The summed E-state index contributed by atoms with van der Waals surface area (Å²) in [7, 11) is 0. The van der Waals surface area contributed by atoms with Crippen molar-refractivity contribution in [3.8, 4) is 6.07 Å². The fraction of sp³-hybridized carbons (Fsp3) is 0.111. The number of carbonyl (C=O) groups excluding carboxylic acids is 1. The highest BCUT2D eigenvalue weighted by atomic mass is 127. The number of hydrogen-bond donors (Lipinski definition) is 0. The number of hydrogen-bond acceptors (Lipinski definition) is 2. The van der Waals surface area contributed by atoms with Crippen molar-refractivity contribution in [2.45, 2.75) is 6.18 Å². The van der Waals surface area contributed by atoms with Crippen LogP contribution in [0.3, 0.4) is 0 Å². The minimum atomic E-state index is -4.72. The van der Waals surface area contributed by atoms with Gasteiger partial charge in [0.05, 0.1) is 22.8 Å². The number of carbonyl (C=O) groups is 1. The summed E-state index contributed by atoms with van der Waals surface area (Å²) >= 11 is 6.51. The van der Waals surface area contributed by atoms with Crippen molar-refractivity contribution < 1.29 is 18.0 Å². The zero-order valence-corrected chi connectivity index (χ0v) is 10.3. The normalized spacial score (nSPS) is 11.0. The third-order valence-corrected chi connectivity index (χ3v) is 2.84. The van der Waals surface area contributed by atoms with E-state index < -0.39 is 22.5 Å². The third-order valence-electron chi connectivity index (χ3n) is 1.75. The highest BCUT2D eigenvalue weighted by molar-refractivity contribution is 14.1. The lowest BCUT2D eigenvalue weighted by Gasteiger charge is -2.13. The van der Waals surface area contributed by atoms with Gasteiger partial charge in [0, 0.05) is 3.57 Å². The van der Waals surface area contributed by atoms with Crippen LogP contribution in [-0.2, 0) is 6.18 Å². The fourth-order valence-corrected chi connectivity index (χ4v) is 2.10. The molecule has 16 heavy (non-hydrogen) atoms. The molecule has 0 aliphatic heterocycles. The molecule has 0 bridgehead atoms. The molecule has 2 nitrogen and oxygen atoms in total. The van der Waals surface area contributed by atoms with Crippen LogP contribution >= 0.6 is 34.2 Å². The Morgan fingerprint density at radius 2 is 2.00 bits per heavy atom. The molecule has 1 rings (SSSR count). The highest BCUT2D eigenvalue weighted by Gasteiger charge is 2.38. The lowest BCUT2D eigenvalue weighted by Crippen LogP contribution is -2.14. The maximum absolute atomic E-state index is 12.7. The van der Waals surface area contributed by atoms with Crippen LogP contribution in [0, 0.1) is 14.9 Å². The van der Waals surface area contributed by atoms with E-state index in [9.17, 15) is 18.0 Å². The number of halogens is 5. The van der Waals surface area contributed by atoms with Gasteiger partial charge in [-0.05, 0) is 46.3 Å². The number of benzene rings is 1. The van der Waals surface area contributed by atoms with Crippen LogP contribution in [-0.4, -0.2) is 5.24 Å². The summed E-state index contributed by atoms with van der Waals surface area (Å²) in [4.78, 5) is 11.0. The molecule has 1 aromatic rings. The predicted molar refractivity (Wildman–Crippen MR) is 59.1 cm³/mol. The summed E-state index contributed by atoms with van der Waals surface area (Å²) in [5.41, 5.74) is -2.33. The predicted octanol–water partition coefficient (Wildman–Crippen LogP) is 3.56. The first-order chi connectivity index (χ1) is 7.29. The van der Waals surface area contributed by atoms with Crippen molar-refractivity contribution in [3.05, 3.63) is 32.4 Å². The Labute approximate surface area is 107 Å². The molecule has 0 heterocycles. The lowest BCUT2D eigenvalue weighted by atomic mass is 10.0. The second kappa shape index (κ2) is 4.59. The van der Waals surface area contributed by atoms with Crippen LogP contribution < -0.4 is 0 Å². The molecule has 0 saturated heterocycles. The number of nitrogens with zero attached hydrogens (tertiary/aromatic N) is 1. The average molecular weight is 359 g/mol. The number of rotatable bonds is 1. The van der Waals surface area contributed by atoms with Crippen molar-refractivity contribution >= 4 is 39.4 Å². The lowest BCUT2D eigenvalue weighted by molar-refractivity contribution is -0.138. The van der Waals surface area contributed by atoms with E-state index in [4.69, 9.17) is 16.9 Å². The van der Waals surface area contributed by atoms with E-state index in [1.807, 2.05) is 0 Å². The van der Waals surface area contributed by atoms with E-state index >= 15 is 0 Å². The van der Waals surface area contributed by atoms with Crippen LogP contribution in [0.5, 0.6) is 0 Å². The van der Waals surface area contributed by atoms with E-state index in [1.165, 1.54) is 28.7 Å². The average Bonchev–Trinajstić information content (AvgIpc) is 2.15. The zero-order valence-electron chi connectivity index (χ0n) is 7.40.